The summed E-state index contributed by atoms with van der Waals surface area (Å²) >= 11 is 16.1. The third-order valence-corrected chi connectivity index (χ3v) is 2.73. The molecule has 0 aliphatic heterocycles. The minimum absolute atomic E-state index is 0.443. The van der Waals surface area contributed by atoms with Crippen molar-refractivity contribution in [1.29, 1.82) is 0 Å². The maximum absolute atomic E-state index is 4.07. The third kappa shape index (κ3) is 22.5. The highest BCUT2D eigenvalue weighted by Gasteiger charge is 1.82. The topological polar surface area (TPSA) is 0 Å². The van der Waals surface area contributed by atoms with Crippen molar-refractivity contribution in [3.63, 3.8) is 0 Å². The molecule has 0 rings (SSSR count). The SMILES string of the molecule is CC(S)CS.SCCCCCS. The minimum atomic E-state index is 0.443. The molecule has 0 fully saturated rings. The predicted molar refractivity (Wildman–Crippen MR) is 73.9 cm³/mol. The molecule has 0 amide bonds. The third-order valence-electron chi connectivity index (χ3n) is 1.08. The van der Waals surface area contributed by atoms with E-state index >= 15 is 0 Å². The van der Waals surface area contributed by atoms with E-state index in [2.05, 4.69) is 50.5 Å². The predicted octanol–water partition coefficient (Wildman–Crippen LogP) is 3.25. The summed E-state index contributed by atoms with van der Waals surface area (Å²) in [6.45, 7) is 2.01. The maximum Gasteiger partial charge on any atom is 0.00766 e. The molecule has 0 heterocycles. The average Bonchev–Trinajstić information content (AvgIpc) is 2.07. The Labute approximate surface area is 98.9 Å². The Balaban J connectivity index is 0. The molecule has 0 bridgehead atoms. The van der Waals surface area contributed by atoms with Crippen LogP contribution in [0.4, 0.5) is 0 Å². The van der Waals surface area contributed by atoms with Crippen LogP contribution < -0.4 is 0 Å². The lowest BCUT2D eigenvalue weighted by molar-refractivity contribution is 0.788. The molecule has 0 aromatic rings. The number of hydrogen-bond acceptors (Lipinski definition) is 4. The van der Waals surface area contributed by atoms with Gasteiger partial charge in [-0.15, -0.1) is 0 Å². The second-order valence-electron chi connectivity index (χ2n) is 2.54. The van der Waals surface area contributed by atoms with Crippen molar-refractivity contribution >= 4 is 50.5 Å². The van der Waals surface area contributed by atoms with E-state index in [0.717, 1.165) is 17.3 Å². The zero-order chi connectivity index (χ0) is 9.82. The van der Waals surface area contributed by atoms with Crippen LogP contribution in [-0.4, -0.2) is 22.5 Å². The van der Waals surface area contributed by atoms with Crippen molar-refractivity contribution in [2.24, 2.45) is 0 Å². The highest BCUT2D eigenvalue weighted by atomic mass is 32.1. The Morgan fingerprint density at radius 2 is 1.25 bits per heavy atom. The van der Waals surface area contributed by atoms with Crippen molar-refractivity contribution in [3.05, 3.63) is 0 Å². The Kier molecular flexibility index (Phi) is 19.7. The Bertz CT molecular complexity index is 62.1. The Morgan fingerprint density at radius 3 is 1.42 bits per heavy atom. The monoisotopic (exact) mass is 244 g/mol. The largest absolute Gasteiger partial charge is 0.179 e. The number of thiol groups is 4. The van der Waals surface area contributed by atoms with Crippen LogP contribution in [0.2, 0.25) is 0 Å². The second-order valence-corrected chi connectivity index (χ2v) is 4.68. The van der Waals surface area contributed by atoms with Gasteiger partial charge in [-0.3, -0.25) is 0 Å². The first-order valence-corrected chi connectivity index (χ1v) is 6.61. The fourth-order valence-electron chi connectivity index (χ4n) is 0.400. The Morgan fingerprint density at radius 1 is 0.917 bits per heavy atom. The lowest BCUT2D eigenvalue weighted by Gasteiger charge is -1.90. The highest BCUT2D eigenvalue weighted by molar-refractivity contribution is 7.84. The summed E-state index contributed by atoms with van der Waals surface area (Å²) in [7, 11) is 0. The number of hydrogen-bond donors (Lipinski definition) is 4. The van der Waals surface area contributed by atoms with E-state index in [9.17, 15) is 0 Å². The van der Waals surface area contributed by atoms with Gasteiger partial charge in [-0.05, 0) is 24.3 Å². The summed E-state index contributed by atoms with van der Waals surface area (Å²) in [6.07, 6.45) is 3.76. The minimum Gasteiger partial charge on any atom is -0.179 e. The van der Waals surface area contributed by atoms with Crippen molar-refractivity contribution in [1.82, 2.24) is 0 Å². The Hall–Kier alpha value is 1.40. The maximum atomic E-state index is 4.07. The van der Waals surface area contributed by atoms with Crippen molar-refractivity contribution in [3.8, 4) is 0 Å². The van der Waals surface area contributed by atoms with Gasteiger partial charge in [0.2, 0.25) is 0 Å². The first kappa shape index (κ1) is 15.9. The molecule has 0 aliphatic carbocycles. The van der Waals surface area contributed by atoms with Gasteiger partial charge in [0.1, 0.15) is 0 Å². The summed E-state index contributed by atoms with van der Waals surface area (Å²) in [5, 5.41) is 0.443. The van der Waals surface area contributed by atoms with Crippen LogP contribution >= 0.6 is 50.5 Å². The molecule has 1 atom stereocenters. The fourth-order valence-corrected chi connectivity index (χ4v) is 0.848. The van der Waals surface area contributed by atoms with Crippen molar-refractivity contribution in [2.45, 2.75) is 31.4 Å². The van der Waals surface area contributed by atoms with E-state index in [1.807, 2.05) is 6.92 Å². The molecule has 0 saturated carbocycles. The molecule has 0 radical (unpaired) electrons. The van der Waals surface area contributed by atoms with Crippen LogP contribution in [0, 0.1) is 0 Å². The zero-order valence-electron chi connectivity index (χ0n) is 7.61. The van der Waals surface area contributed by atoms with Crippen LogP contribution in [0.5, 0.6) is 0 Å². The summed E-state index contributed by atoms with van der Waals surface area (Å²) in [5.74, 6) is 2.91. The molecule has 76 valence electrons. The lowest BCUT2D eigenvalue weighted by atomic mass is 10.3. The average molecular weight is 245 g/mol. The molecule has 1 unspecified atom stereocenters. The van der Waals surface area contributed by atoms with Crippen LogP contribution in [0.15, 0.2) is 0 Å². The van der Waals surface area contributed by atoms with Gasteiger partial charge in [-0.1, -0.05) is 13.3 Å². The van der Waals surface area contributed by atoms with Crippen LogP contribution in [0.3, 0.4) is 0 Å². The summed E-state index contributed by atoms with van der Waals surface area (Å²) in [4.78, 5) is 0. The first-order valence-electron chi connectivity index (χ1n) is 4.19. The molecular weight excluding hydrogens is 224 g/mol. The van der Waals surface area contributed by atoms with Gasteiger partial charge >= 0.3 is 0 Å². The van der Waals surface area contributed by atoms with Crippen molar-refractivity contribution < 1.29 is 0 Å². The standard InChI is InChI=1S/C5H12S2.C3H8S2/c6-4-2-1-3-5-7;1-3(5)2-4/h6-7H,1-5H2;3-5H,2H2,1H3. The molecule has 0 aliphatic rings. The zero-order valence-corrected chi connectivity index (χ0v) is 11.2. The molecule has 0 aromatic heterocycles. The molecule has 0 saturated heterocycles. The summed E-state index contributed by atoms with van der Waals surface area (Å²) in [6, 6.07) is 0. The molecular formula is C8H20S4. The molecule has 0 N–H and O–H groups in total. The van der Waals surface area contributed by atoms with E-state index < -0.39 is 0 Å². The van der Waals surface area contributed by atoms with Crippen LogP contribution in [-0.2, 0) is 0 Å². The van der Waals surface area contributed by atoms with Gasteiger partial charge in [0.05, 0.1) is 0 Å². The van der Waals surface area contributed by atoms with Gasteiger partial charge < -0.3 is 0 Å². The van der Waals surface area contributed by atoms with Crippen molar-refractivity contribution in [2.75, 3.05) is 17.3 Å². The fraction of sp³-hybridized carbons (Fsp3) is 1.00. The molecule has 0 spiro atoms. The second kappa shape index (κ2) is 14.9. The van der Waals surface area contributed by atoms with E-state index in [1.165, 1.54) is 19.3 Å². The number of rotatable bonds is 5. The van der Waals surface area contributed by atoms with E-state index in [0.29, 0.717) is 5.25 Å². The van der Waals surface area contributed by atoms with E-state index in [-0.39, 0.29) is 0 Å². The van der Waals surface area contributed by atoms with Gasteiger partial charge in [-0.25, -0.2) is 0 Å². The number of unbranched alkanes of at least 4 members (excludes halogenated alkanes) is 2. The molecule has 4 heteroatoms. The van der Waals surface area contributed by atoms with Gasteiger partial charge in [0.25, 0.3) is 0 Å². The van der Waals surface area contributed by atoms with Gasteiger partial charge in [0.15, 0.2) is 0 Å². The van der Waals surface area contributed by atoms with Gasteiger partial charge in [-0.2, -0.15) is 50.5 Å². The molecule has 12 heavy (non-hydrogen) atoms. The van der Waals surface area contributed by atoms with E-state index in [1.54, 1.807) is 0 Å². The quantitative estimate of drug-likeness (QED) is 0.414. The molecule has 0 nitrogen and oxygen atoms in total. The normalized spacial score (nSPS) is 11.8. The van der Waals surface area contributed by atoms with E-state index in [4.69, 9.17) is 0 Å². The molecule has 0 aromatic carbocycles. The first-order chi connectivity index (χ1) is 5.68. The van der Waals surface area contributed by atoms with Crippen LogP contribution in [0.1, 0.15) is 26.2 Å². The van der Waals surface area contributed by atoms with Crippen LogP contribution in [0.25, 0.3) is 0 Å². The van der Waals surface area contributed by atoms with Gasteiger partial charge in [0, 0.05) is 11.0 Å². The highest BCUT2D eigenvalue weighted by Crippen LogP contribution is 1.96. The smallest absolute Gasteiger partial charge is 0.00766 e. The lowest BCUT2D eigenvalue weighted by Crippen LogP contribution is -1.88. The summed E-state index contributed by atoms with van der Waals surface area (Å²) in [5.41, 5.74) is 0. The summed E-state index contributed by atoms with van der Waals surface area (Å²) < 4.78 is 0.